The van der Waals surface area contributed by atoms with Gasteiger partial charge in [-0.25, -0.2) is 18.4 Å². The SMILES string of the molecule is CNC(=O)c1ccc(Nc2ncc(C(F)(F)F)c(NCc3cccnc3N(C)S(C)(=O)=O)n2)c(C)c1. The number of nitrogens with one attached hydrogen (secondary N) is 3. The Hall–Kier alpha value is -3.94. The summed E-state index contributed by atoms with van der Waals surface area (Å²) < 4.78 is 65.7. The molecule has 3 rings (SSSR count). The molecule has 0 aliphatic rings. The van der Waals surface area contributed by atoms with Gasteiger partial charge in [-0.3, -0.25) is 9.10 Å². The number of alkyl halides is 3. The molecule has 2 heterocycles. The van der Waals surface area contributed by atoms with E-state index in [4.69, 9.17) is 0 Å². The number of sulfonamides is 1. The van der Waals surface area contributed by atoms with Crippen molar-refractivity contribution in [3.05, 3.63) is 65.0 Å². The molecule has 0 atom stereocenters. The number of aromatic nitrogens is 3. The molecular formula is C22H24F3N7O3S. The number of halogens is 3. The third-order valence-corrected chi connectivity index (χ3v) is 6.33. The van der Waals surface area contributed by atoms with Crippen LogP contribution in [-0.4, -0.2) is 49.6 Å². The quantitative estimate of drug-likeness (QED) is 0.410. The summed E-state index contributed by atoms with van der Waals surface area (Å²) in [7, 11) is -0.846. The van der Waals surface area contributed by atoms with Crippen LogP contribution in [0.4, 0.5) is 36.4 Å². The Morgan fingerprint density at radius 2 is 1.89 bits per heavy atom. The normalized spacial score (nSPS) is 11.6. The van der Waals surface area contributed by atoms with Gasteiger partial charge < -0.3 is 16.0 Å². The number of carbonyl (C=O) groups is 1. The van der Waals surface area contributed by atoms with Crippen LogP contribution in [0.5, 0.6) is 0 Å². The van der Waals surface area contributed by atoms with Gasteiger partial charge in [0.2, 0.25) is 16.0 Å². The maximum atomic E-state index is 13.6. The van der Waals surface area contributed by atoms with Gasteiger partial charge in [-0.2, -0.15) is 18.2 Å². The third-order valence-electron chi connectivity index (χ3n) is 5.17. The van der Waals surface area contributed by atoms with Crippen molar-refractivity contribution in [3.63, 3.8) is 0 Å². The molecule has 0 radical (unpaired) electrons. The number of hydrogen-bond acceptors (Lipinski definition) is 8. The summed E-state index contributed by atoms with van der Waals surface area (Å²) >= 11 is 0. The molecule has 2 aromatic heterocycles. The minimum absolute atomic E-state index is 0.0697. The molecule has 1 amide bonds. The fourth-order valence-corrected chi connectivity index (χ4v) is 3.66. The third kappa shape index (κ3) is 6.19. The van der Waals surface area contributed by atoms with Gasteiger partial charge in [-0.1, -0.05) is 6.07 Å². The van der Waals surface area contributed by atoms with Gasteiger partial charge in [0.05, 0.1) is 6.26 Å². The second-order valence-corrected chi connectivity index (χ2v) is 9.77. The summed E-state index contributed by atoms with van der Waals surface area (Å²) in [6.45, 7) is 1.53. The van der Waals surface area contributed by atoms with Crippen molar-refractivity contribution < 1.29 is 26.4 Å². The lowest BCUT2D eigenvalue weighted by Crippen LogP contribution is -2.27. The van der Waals surface area contributed by atoms with E-state index in [0.717, 1.165) is 10.6 Å². The number of carbonyl (C=O) groups excluding carboxylic acids is 1. The fraction of sp³-hybridized carbons (Fsp3) is 0.273. The number of pyridine rings is 1. The minimum Gasteiger partial charge on any atom is -0.365 e. The number of benzene rings is 1. The largest absolute Gasteiger partial charge is 0.421 e. The van der Waals surface area contributed by atoms with Crippen LogP contribution in [-0.2, 0) is 22.7 Å². The molecule has 0 aliphatic carbocycles. The lowest BCUT2D eigenvalue weighted by molar-refractivity contribution is -0.137. The van der Waals surface area contributed by atoms with Gasteiger partial charge in [-0.15, -0.1) is 0 Å². The van der Waals surface area contributed by atoms with E-state index in [0.29, 0.717) is 28.6 Å². The molecule has 14 heteroatoms. The van der Waals surface area contributed by atoms with E-state index in [1.165, 1.54) is 20.3 Å². The van der Waals surface area contributed by atoms with E-state index in [1.807, 2.05) is 0 Å². The molecule has 0 spiro atoms. The minimum atomic E-state index is -4.74. The van der Waals surface area contributed by atoms with Crippen LogP contribution < -0.4 is 20.3 Å². The summed E-state index contributed by atoms with van der Waals surface area (Å²) in [5.74, 6) is -0.823. The van der Waals surface area contributed by atoms with Crippen LogP contribution in [0.1, 0.15) is 27.0 Å². The van der Waals surface area contributed by atoms with E-state index >= 15 is 0 Å². The van der Waals surface area contributed by atoms with Gasteiger partial charge in [0.15, 0.2) is 0 Å². The molecule has 1 aromatic carbocycles. The average molecular weight is 524 g/mol. The average Bonchev–Trinajstić information content (AvgIpc) is 2.82. The second kappa shape index (κ2) is 10.4. The molecule has 0 saturated carbocycles. The molecule has 10 nitrogen and oxygen atoms in total. The van der Waals surface area contributed by atoms with Crippen molar-refractivity contribution in [2.75, 3.05) is 35.3 Å². The van der Waals surface area contributed by atoms with Gasteiger partial charge in [0, 0.05) is 49.8 Å². The number of rotatable bonds is 8. The lowest BCUT2D eigenvalue weighted by atomic mass is 10.1. The van der Waals surface area contributed by atoms with Crippen LogP contribution in [0.15, 0.2) is 42.7 Å². The zero-order chi connectivity index (χ0) is 26.7. The van der Waals surface area contributed by atoms with Crippen LogP contribution in [0, 0.1) is 6.92 Å². The highest BCUT2D eigenvalue weighted by atomic mass is 32.2. The zero-order valence-electron chi connectivity index (χ0n) is 19.8. The van der Waals surface area contributed by atoms with Crippen molar-refractivity contribution in [2.45, 2.75) is 19.6 Å². The molecule has 0 unspecified atom stereocenters. The van der Waals surface area contributed by atoms with Gasteiger partial charge in [0.25, 0.3) is 5.91 Å². The standard InChI is InChI=1S/C22H24F3N7O3S/c1-13-10-14(20(33)26-2)7-8-17(13)30-21-29-12-16(22(23,24)25)18(31-21)28-11-15-6-5-9-27-19(15)32(3)36(4,34)35/h5-10,12H,11H2,1-4H3,(H,26,33)(H2,28,29,30,31). The Labute approximate surface area is 206 Å². The number of anilines is 4. The van der Waals surface area contributed by atoms with E-state index in [9.17, 15) is 26.4 Å². The van der Waals surface area contributed by atoms with Crippen LogP contribution in [0.2, 0.25) is 0 Å². The molecule has 36 heavy (non-hydrogen) atoms. The Morgan fingerprint density at radius 1 is 1.17 bits per heavy atom. The summed E-state index contributed by atoms with van der Waals surface area (Å²) in [6, 6.07) is 7.85. The van der Waals surface area contributed by atoms with Crippen molar-refractivity contribution in [2.24, 2.45) is 0 Å². The molecule has 0 fully saturated rings. The number of hydrogen-bond donors (Lipinski definition) is 3. The Balaban J connectivity index is 1.92. The monoisotopic (exact) mass is 523 g/mol. The number of nitrogens with zero attached hydrogens (tertiary/aromatic N) is 4. The van der Waals surface area contributed by atoms with Crippen molar-refractivity contribution in [3.8, 4) is 0 Å². The first-order chi connectivity index (χ1) is 16.8. The number of amides is 1. The zero-order valence-corrected chi connectivity index (χ0v) is 20.6. The molecule has 3 aromatic rings. The van der Waals surface area contributed by atoms with Crippen LogP contribution in [0.25, 0.3) is 0 Å². The van der Waals surface area contributed by atoms with E-state index < -0.39 is 27.6 Å². The highest BCUT2D eigenvalue weighted by Gasteiger charge is 2.35. The van der Waals surface area contributed by atoms with E-state index in [-0.39, 0.29) is 24.2 Å². The smallest absolute Gasteiger partial charge is 0.365 e. The maximum absolute atomic E-state index is 13.6. The Kier molecular flexibility index (Phi) is 7.67. The predicted molar refractivity (Wildman–Crippen MR) is 130 cm³/mol. The van der Waals surface area contributed by atoms with E-state index in [2.05, 4.69) is 30.9 Å². The maximum Gasteiger partial charge on any atom is 0.421 e. The number of aryl methyl sites for hydroxylation is 1. The van der Waals surface area contributed by atoms with E-state index in [1.54, 1.807) is 37.3 Å². The molecule has 3 N–H and O–H groups in total. The van der Waals surface area contributed by atoms with Gasteiger partial charge in [-0.05, 0) is 36.8 Å². The molecule has 192 valence electrons. The first-order valence-corrected chi connectivity index (χ1v) is 12.3. The summed E-state index contributed by atoms with van der Waals surface area (Å²) in [4.78, 5) is 23.6. The lowest BCUT2D eigenvalue weighted by Gasteiger charge is -2.20. The van der Waals surface area contributed by atoms with Gasteiger partial charge >= 0.3 is 6.18 Å². The summed E-state index contributed by atoms with van der Waals surface area (Å²) in [6.07, 6.45) is -1.72. The molecule has 0 saturated heterocycles. The van der Waals surface area contributed by atoms with Crippen molar-refractivity contribution >= 4 is 39.2 Å². The van der Waals surface area contributed by atoms with Crippen molar-refractivity contribution in [1.82, 2.24) is 20.3 Å². The molecular weight excluding hydrogens is 499 g/mol. The van der Waals surface area contributed by atoms with Gasteiger partial charge in [0.1, 0.15) is 17.2 Å². The van der Waals surface area contributed by atoms with Crippen molar-refractivity contribution in [1.29, 1.82) is 0 Å². The highest BCUT2D eigenvalue weighted by molar-refractivity contribution is 7.92. The van der Waals surface area contributed by atoms with Crippen LogP contribution in [0.3, 0.4) is 0 Å². The highest BCUT2D eigenvalue weighted by Crippen LogP contribution is 2.34. The first-order valence-electron chi connectivity index (χ1n) is 10.5. The topological polar surface area (TPSA) is 129 Å². The second-order valence-electron chi connectivity index (χ2n) is 7.76. The first kappa shape index (κ1) is 26.7. The summed E-state index contributed by atoms with van der Waals surface area (Å²) in [5, 5.41) is 8.00. The Bertz CT molecular complexity index is 1380. The Morgan fingerprint density at radius 3 is 2.50 bits per heavy atom. The predicted octanol–water partition coefficient (Wildman–Crippen LogP) is 3.31. The van der Waals surface area contributed by atoms with Crippen LogP contribution >= 0.6 is 0 Å². The molecule has 0 bridgehead atoms. The molecule has 0 aliphatic heterocycles. The fourth-order valence-electron chi connectivity index (χ4n) is 3.18. The summed E-state index contributed by atoms with van der Waals surface area (Å²) in [5.41, 5.74) is 0.812.